The summed E-state index contributed by atoms with van der Waals surface area (Å²) in [4.78, 5) is 0. The summed E-state index contributed by atoms with van der Waals surface area (Å²) in [7, 11) is 0. The molecule has 0 heterocycles. The van der Waals surface area contributed by atoms with Gasteiger partial charge in [0.25, 0.3) is 0 Å². The molecule has 0 aliphatic rings. The molecule has 0 unspecified atom stereocenters. The van der Waals surface area contributed by atoms with Crippen molar-refractivity contribution in [2.24, 2.45) is 0 Å². The Morgan fingerprint density at radius 1 is 1.50 bits per heavy atom. The zero-order valence-corrected chi connectivity index (χ0v) is 8.41. The summed E-state index contributed by atoms with van der Waals surface area (Å²) < 4.78 is 11.9. The molecule has 1 radical (unpaired) electrons. The van der Waals surface area contributed by atoms with E-state index in [1.165, 1.54) is 0 Å². The Kier molecular flexibility index (Phi) is 4.51. The second-order valence-corrected chi connectivity index (χ2v) is 2.05. The van der Waals surface area contributed by atoms with Gasteiger partial charge in [-0.25, -0.2) is 0 Å². The third-order valence-corrected chi connectivity index (χ3v) is 1.15. The van der Waals surface area contributed by atoms with Crippen molar-refractivity contribution in [2.75, 3.05) is 0 Å². The van der Waals surface area contributed by atoms with Gasteiger partial charge in [0, 0.05) is 20.4 Å². The second-order valence-electron chi connectivity index (χ2n) is 2.05. The van der Waals surface area contributed by atoms with Crippen LogP contribution in [0.25, 0.3) is 0 Å². The molecule has 1 aromatic carbocycles. The largest absolute Gasteiger partial charge is 0.260 e. The summed E-state index contributed by atoms with van der Waals surface area (Å²) in [5.74, 6) is 0. The Hall–Kier alpha value is -0.188. The molecule has 0 spiro atoms. The summed E-state index contributed by atoms with van der Waals surface area (Å²) in [6.45, 7) is 1.54. The second kappa shape index (κ2) is 4.60. The molecule has 10 heavy (non-hydrogen) atoms. The molecule has 55 valence electrons. The summed E-state index contributed by atoms with van der Waals surface area (Å²) in [6, 6.07) is 8.15. The molecule has 0 aromatic heterocycles. The molecule has 0 saturated heterocycles. The van der Waals surface area contributed by atoms with Gasteiger partial charge in [-0.1, -0.05) is 6.92 Å². The Labute approximate surface area is 74.1 Å². The normalized spacial score (nSPS) is 8.60. The smallest absolute Gasteiger partial charge is 0.0704 e. The minimum atomic E-state index is -0.391. The van der Waals surface area contributed by atoms with Crippen LogP contribution in [0.15, 0.2) is 18.2 Å². The molecule has 0 bridgehead atoms. The van der Waals surface area contributed by atoms with Crippen LogP contribution >= 0.6 is 0 Å². The first-order valence-corrected chi connectivity index (χ1v) is 2.85. The van der Waals surface area contributed by atoms with Crippen molar-refractivity contribution in [1.82, 2.24) is 0 Å². The van der Waals surface area contributed by atoms with Crippen LogP contribution in [0.4, 0.5) is 4.39 Å². The monoisotopic (exact) mass is 310 g/mol. The third-order valence-electron chi connectivity index (χ3n) is 1.15. The number of hydrogen-bond acceptors (Lipinski definition) is 0. The van der Waals surface area contributed by atoms with E-state index in [2.05, 4.69) is 6.07 Å². The molecule has 0 aliphatic carbocycles. The average molecular weight is 309 g/mol. The fourth-order valence-electron chi connectivity index (χ4n) is 0.733. The maximum atomic E-state index is 11.9. The molecule has 0 saturated carbocycles. The fraction of sp³-hybridized carbons (Fsp3) is 0.250. The standard InChI is InChI=1S/C8H8F.Re/c1-7-3-2-4-8(5-7)6-9;/h3-5H,6H2,1H3;/q-1;. The van der Waals surface area contributed by atoms with Gasteiger partial charge in [0.2, 0.25) is 0 Å². The van der Waals surface area contributed by atoms with Crippen LogP contribution in [-0.4, -0.2) is 0 Å². The van der Waals surface area contributed by atoms with Gasteiger partial charge in [-0.3, -0.25) is 4.39 Å². The number of alkyl halides is 1. The Morgan fingerprint density at radius 2 is 2.20 bits per heavy atom. The molecule has 0 amide bonds. The van der Waals surface area contributed by atoms with Crippen molar-refractivity contribution in [2.45, 2.75) is 13.6 Å². The van der Waals surface area contributed by atoms with Crippen molar-refractivity contribution >= 4 is 0 Å². The maximum absolute atomic E-state index is 11.9. The molecular formula is C8H8FRe-. The molecule has 0 aliphatic heterocycles. The van der Waals surface area contributed by atoms with Crippen LogP contribution < -0.4 is 0 Å². The van der Waals surface area contributed by atoms with Crippen LogP contribution in [0.2, 0.25) is 0 Å². The maximum Gasteiger partial charge on any atom is 0.0704 e. The van der Waals surface area contributed by atoms with Gasteiger partial charge in [-0.15, -0.1) is 5.56 Å². The molecular weight excluding hydrogens is 301 g/mol. The van der Waals surface area contributed by atoms with E-state index >= 15 is 0 Å². The van der Waals surface area contributed by atoms with Crippen molar-refractivity contribution in [3.63, 3.8) is 0 Å². The van der Waals surface area contributed by atoms with Crippen LogP contribution in [0, 0.1) is 13.0 Å². The van der Waals surface area contributed by atoms with Gasteiger partial charge in [-0.05, 0) is 0 Å². The van der Waals surface area contributed by atoms with E-state index in [1.807, 2.05) is 19.1 Å². The zero-order chi connectivity index (χ0) is 6.69. The fourth-order valence-corrected chi connectivity index (χ4v) is 0.733. The Morgan fingerprint density at radius 3 is 2.60 bits per heavy atom. The molecule has 2 heteroatoms. The van der Waals surface area contributed by atoms with Gasteiger partial charge in [0.15, 0.2) is 0 Å². The van der Waals surface area contributed by atoms with Gasteiger partial charge in [0.05, 0.1) is 6.67 Å². The number of benzene rings is 1. The molecule has 0 nitrogen and oxygen atoms in total. The first-order valence-electron chi connectivity index (χ1n) is 2.85. The number of rotatable bonds is 1. The molecule has 0 N–H and O–H groups in total. The topological polar surface area (TPSA) is 0 Å². The van der Waals surface area contributed by atoms with Gasteiger partial charge in [-0.2, -0.15) is 29.8 Å². The predicted octanol–water partition coefficient (Wildman–Crippen LogP) is 2.26. The number of halogens is 1. The van der Waals surface area contributed by atoms with Gasteiger partial charge < -0.3 is 0 Å². The zero-order valence-electron chi connectivity index (χ0n) is 5.70. The Balaban J connectivity index is 0.000000810. The van der Waals surface area contributed by atoms with E-state index in [4.69, 9.17) is 0 Å². The van der Waals surface area contributed by atoms with E-state index in [0.29, 0.717) is 5.56 Å². The number of hydrogen-bond donors (Lipinski definition) is 0. The summed E-state index contributed by atoms with van der Waals surface area (Å²) in [5, 5.41) is 0. The van der Waals surface area contributed by atoms with E-state index < -0.39 is 6.67 Å². The minimum Gasteiger partial charge on any atom is -0.260 e. The molecule has 1 rings (SSSR count). The van der Waals surface area contributed by atoms with E-state index in [9.17, 15) is 4.39 Å². The summed E-state index contributed by atoms with van der Waals surface area (Å²) in [5.41, 5.74) is 1.76. The third kappa shape index (κ3) is 2.60. The van der Waals surface area contributed by atoms with Crippen LogP contribution in [-0.2, 0) is 27.1 Å². The quantitative estimate of drug-likeness (QED) is 0.698. The van der Waals surface area contributed by atoms with Crippen LogP contribution in [0.1, 0.15) is 11.1 Å². The van der Waals surface area contributed by atoms with Crippen molar-refractivity contribution in [3.8, 4) is 0 Å². The van der Waals surface area contributed by atoms with Gasteiger partial charge in [0.1, 0.15) is 0 Å². The average Bonchev–Trinajstić information content (AvgIpc) is 1.88. The summed E-state index contributed by atoms with van der Waals surface area (Å²) in [6.07, 6.45) is 0. The van der Waals surface area contributed by atoms with Crippen molar-refractivity contribution < 1.29 is 24.8 Å². The Bertz CT molecular complexity index is 198. The van der Waals surface area contributed by atoms with Crippen LogP contribution in [0.3, 0.4) is 0 Å². The SMILES string of the molecule is Cc1c[c-]cc(CF)c1.[Re]. The van der Waals surface area contributed by atoms with Crippen molar-refractivity contribution in [1.29, 1.82) is 0 Å². The predicted molar refractivity (Wildman–Crippen MR) is 34.8 cm³/mol. The van der Waals surface area contributed by atoms with Crippen LogP contribution in [0.5, 0.6) is 0 Å². The molecule has 0 fully saturated rings. The number of aryl methyl sites for hydroxylation is 1. The first-order chi connectivity index (χ1) is 4.33. The molecule has 0 atom stereocenters. The van der Waals surface area contributed by atoms with E-state index in [0.717, 1.165) is 5.56 Å². The first kappa shape index (κ1) is 9.81. The van der Waals surface area contributed by atoms with E-state index in [1.54, 1.807) is 6.07 Å². The summed E-state index contributed by atoms with van der Waals surface area (Å²) >= 11 is 0. The van der Waals surface area contributed by atoms with E-state index in [-0.39, 0.29) is 20.4 Å². The van der Waals surface area contributed by atoms with Crippen molar-refractivity contribution in [3.05, 3.63) is 35.4 Å². The molecule has 1 aromatic rings. The minimum absolute atomic E-state index is 0. The van der Waals surface area contributed by atoms with Gasteiger partial charge >= 0.3 is 0 Å².